The summed E-state index contributed by atoms with van der Waals surface area (Å²) in [6.45, 7) is 2.13. The van der Waals surface area contributed by atoms with E-state index < -0.39 is 5.82 Å². The number of halogens is 1. The first-order chi connectivity index (χ1) is 13.6. The van der Waals surface area contributed by atoms with Crippen molar-refractivity contribution in [3.63, 3.8) is 0 Å². The number of carbonyl (C=O) groups is 1. The van der Waals surface area contributed by atoms with Crippen LogP contribution >= 0.6 is 11.3 Å². The average Bonchev–Trinajstić information content (AvgIpc) is 3.09. The number of thiophene rings is 1. The number of aryl methyl sites for hydroxylation is 1. The second-order valence-electron chi connectivity index (χ2n) is 6.43. The summed E-state index contributed by atoms with van der Waals surface area (Å²) in [5, 5.41) is 3.20. The maximum Gasteiger partial charge on any atom is 0.272 e. The second kappa shape index (κ2) is 7.52. The highest BCUT2D eigenvalue weighted by molar-refractivity contribution is 7.25. The van der Waals surface area contributed by atoms with E-state index in [1.165, 1.54) is 22.0 Å². The molecule has 0 aliphatic rings. The number of benzene rings is 2. The van der Waals surface area contributed by atoms with Crippen molar-refractivity contribution in [1.29, 1.82) is 0 Å². The van der Waals surface area contributed by atoms with Crippen LogP contribution in [-0.4, -0.2) is 15.5 Å². The lowest BCUT2D eigenvalue weighted by molar-refractivity contribution is -0.121. The summed E-state index contributed by atoms with van der Waals surface area (Å²) in [5.74, 6) is -0.194. The van der Waals surface area contributed by atoms with E-state index >= 15 is 0 Å². The fraction of sp³-hybridized carbons (Fsp3) is 0.190. The molecule has 2 aromatic heterocycles. The number of rotatable bonds is 5. The highest BCUT2D eigenvalue weighted by atomic mass is 32.1. The number of carbonyl (C=O) groups excluding carboxylic acids is 1. The molecule has 0 saturated heterocycles. The molecule has 0 radical (unpaired) electrons. The largest absolute Gasteiger partial charge is 0.350 e. The third-order valence-corrected chi connectivity index (χ3v) is 5.71. The Morgan fingerprint density at radius 1 is 1.18 bits per heavy atom. The van der Waals surface area contributed by atoms with Gasteiger partial charge in [-0.15, -0.1) is 11.3 Å². The minimum Gasteiger partial charge on any atom is -0.350 e. The molecule has 4 aromatic rings. The first-order valence-electron chi connectivity index (χ1n) is 8.99. The maximum atomic E-state index is 14.3. The summed E-state index contributed by atoms with van der Waals surface area (Å²) >= 11 is 1.21. The first-order valence-corrected chi connectivity index (χ1v) is 9.81. The number of fused-ring (bicyclic) bond motifs is 3. The Balaban J connectivity index is 1.69. The Kier molecular flexibility index (Phi) is 4.92. The van der Waals surface area contributed by atoms with Crippen LogP contribution in [0.15, 0.2) is 53.3 Å². The van der Waals surface area contributed by atoms with Crippen LogP contribution in [0.2, 0.25) is 0 Å². The van der Waals surface area contributed by atoms with Gasteiger partial charge in [0, 0.05) is 17.7 Å². The maximum absolute atomic E-state index is 14.3. The zero-order valence-corrected chi connectivity index (χ0v) is 16.1. The van der Waals surface area contributed by atoms with E-state index in [-0.39, 0.29) is 18.0 Å². The normalized spacial score (nSPS) is 11.2. The van der Waals surface area contributed by atoms with Gasteiger partial charge in [-0.05, 0) is 17.7 Å². The minimum atomic E-state index is -0.393. The lowest BCUT2D eigenvalue weighted by atomic mass is 10.2. The van der Waals surface area contributed by atoms with Gasteiger partial charge in [0.25, 0.3) is 5.56 Å². The minimum absolute atomic E-state index is 0.117. The molecule has 2 heterocycles. The van der Waals surface area contributed by atoms with E-state index in [1.807, 2.05) is 37.3 Å². The number of hydrogen-bond donors (Lipinski definition) is 1. The molecule has 0 fully saturated rings. The molecule has 0 unspecified atom stereocenters. The molecular weight excluding hydrogens is 377 g/mol. The van der Waals surface area contributed by atoms with Gasteiger partial charge in [-0.25, -0.2) is 9.37 Å². The van der Waals surface area contributed by atoms with Crippen molar-refractivity contribution in [2.45, 2.75) is 26.4 Å². The van der Waals surface area contributed by atoms with E-state index in [2.05, 4.69) is 10.3 Å². The molecule has 5 nitrogen and oxygen atoms in total. The molecule has 1 N–H and O–H groups in total. The van der Waals surface area contributed by atoms with Crippen LogP contribution in [0.4, 0.5) is 4.39 Å². The second-order valence-corrected chi connectivity index (χ2v) is 7.48. The predicted molar refractivity (Wildman–Crippen MR) is 109 cm³/mol. The van der Waals surface area contributed by atoms with Crippen molar-refractivity contribution >= 4 is 37.5 Å². The van der Waals surface area contributed by atoms with Crippen molar-refractivity contribution in [3.8, 4) is 0 Å². The van der Waals surface area contributed by atoms with Gasteiger partial charge in [0.1, 0.15) is 22.9 Å². The molecule has 2 aromatic carbocycles. The van der Waals surface area contributed by atoms with Crippen LogP contribution in [0.25, 0.3) is 20.3 Å². The van der Waals surface area contributed by atoms with E-state index in [1.54, 1.807) is 12.1 Å². The smallest absolute Gasteiger partial charge is 0.272 e. The van der Waals surface area contributed by atoms with E-state index in [9.17, 15) is 14.0 Å². The molecule has 0 aliphatic carbocycles. The molecule has 1 amide bonds. The number of amides is 1. The summed E-state index contributed by atoms with van der Waals surface area (Å²) < 4.78 is 16.7. The fourth-order valence-corrected chi connectivity index (χ4v) is 4.31. The molecule has 0 spiro atoms. The zero-order valence-electron chi connectivity index (χ0n) is 15.2. The van der Waals surface area contributed by atoms with Crippen LogP contribution < -0.4 is 10.9 Å². The highest BCUT2D eigenvalue weighted by Crippen LogP contribution is 2.32. The molecule has 28 heavy (non-hydrogen) atoms. The number of hydrogen-bond acceptors (Lipinski definition) is 4. The third-order valence-electron chi connectivity index (χ3n) is 4.58. The number of aromatic nitrogens is 2. The lowest BCUT2D eigenvalue weighted by Crippen LogP contribution is -2.34. The van der Waals surface area contributed by atoms with E-state index in [4.69, 9.17) is 0 Å². The van der Waals surface area contributed by atoms with Gasteiger partial charge in [0.05, 0.1) is 10.9 Å². The van der Waals surface area contributed by atoms with Gasteiger partial charge in [-0.2, -0.15) is 0 Å². The van der Waals surface area contributed by atoms with Crippen molar-refractivity contribution in [3.05, 3.63) is 76.1 Å². The molecule has 7 heteroatoms. The first kappa shape index (κ1) is 18.3. The van der Waals surface area contributed by atoms with Crippen molar-refractivity contribution in [2.75, 3.05) is 0 Å². The summed E-state index contributed by atoms with van der Waals surface area (Å²) in [5.41, 5.74) is 1.05. The summed E-state index contributed by atoms with van der Waals surface area (Å²) in [7, 11) is 0. The molecule has 142 valence electrons. The molecule has 0 bridgehead atoms. The topological polar surface area (TPSA) is 64.0 Å². The van der Waals surface area contributed by atoms with Crippen molar-refractivity contribution in [2.24, 2.45) is 0 Å². The van der Waals surface area contributed by atoms with Crippen LogP contribution in [0.3, 0.4) is 0 Å². The average molecular weight is 395 g/mol. The molecule has 0 atom stereocenters. The van der Waals surface area contributed by atoms with Gasteiger partial charge < -0.3 is 5.32 Å². The highest BCUT2D eigenvalue weighted by Gasteiger charge is 2.18. The van der Waals surface area contributed by atoms with Crippen LogP contribution in [0.5, 0.6) is 0 Å². The Morgan fingerprint density at radius 3 is 2.71 bits per heavy atom. The monoisotopic (exact) mass is 395 g/mol. The summed E-state index contributed by atoms with van der Waals surface area (Å²) in [6, 6.07) is 14.3. The molecule has 0 saturated carbocycles. The Morgan fingerprint density at radius 2 is 1.96 bits per heavy atom. The zero-order chi connectivity index (χ0) is 19.7. The van der Waals surface area contributed by atoms with Crippen LogP contribution in [0.1, 0.15) is 18.3 Å². The van der Waals surface area contributed by atoms with Crippen LogP contribution in [0, 0.1) is 5.82 Å². The number of nitrogens with one attached hydrogen (secondary N) is 1. The van der Waals surface area contributed by atoms with Crippen molar-refractivity contribution in [1.82, 2.24) is 14.9 Å². The van der Waals surface area contributed by atoms with Crippen molar-refractivity contribution < 1.29 is 9.18 Å². The number of nitrogens with zero attached hydrogens (tertiary/aromatic N) is 2. The summed E-state index contributed by atoms with van der Waals surface area (Å²) in [4.78, 5) is 30.0. The molecule has 0 aliphatic heterocycles. The van der Waals surface area contributed by atoms with Gasteiger partial charge in [-0.1, -0.05) is 43.3 Å². The quantitative estimate of drug-likeness (QED) is 0.561. The molecular formula is C21H18FN3O2S. The fourth-order valence-electron chi connectivity index (χ4n) is 3.20. The lowest BCUT2D eigenvalue weighted by Gasteiger charge is -2.11. The van der Waals surface area contributed by atoms with Gasteiger partial charge in [0.15, 0.2) is 0 Å². The predicted octanol–water partition coefficient (Wildman–Crippen LogP) is 3.63. The third kappa shape index (κ3) is 3.29. The standard InChI is InChI=1S/C21H18FN3O2S/c1-2-16-24-19-18-14(22)9-6-10-15(18)28-20(19)21(27)25(16)12-17(26)23-11-13-7-4-3-5-8-13/h3-10H,2,11-12H2,1H3,(H,23,26). The van der Waals surface area contributed by atoms with Crippen LogP contribution in [-0.2, 0) is 24.3 Å². The Hall–Kier alpha value is -3.06. The summed E-state index contributed by atoms with van der Waals surface area (Å²) in [6.07, 6.45) is 0.461. The Labute approximate surface area is 164 Å². The Bertz CT molecular complexity index is 1230. The van der Waals surface area contributed by atoms with Gasteiger partial charge in [-0.3, -0.25) is 14.2 Å². The SMILES string of the molecule is CCc1nc2c(sc3cccc(F)c32)c(=O)n1CC(=O)NCc1ccccc1. The molecule has 4 rings (SSSR count). The van der Waals surface area contributed by atoms with E-state index in [0.717, 1.165) is 5.56 Å². The van der Waals surface area contributed by atoms with E-state index in [0.29, 0.717) is 39.1 Å². The van der Waals surface area contributed by atoms with Gasteiger partial charge >= 0.3 is 0 Å². The van der Waals surface area contributed by atoms with Gasteiger partial charge in [0.2, 0.25) is 5.91 Å².